The van der Waals surface area contributed by atoms with Gasteiger partial charge in [0.25, 0.3) is 0 Å². The topological polar surface area (TPSA) is 45.9 Å². The number of hydrogen-bond donors (Lipinski definition) is 0. The molecule has 3 nitrogen and oxygen atoms in total. The molecule has 4 heteroatoms. The number of hydrogen-bond acceptors (Lipinski definition) is 3. The highest BCUT2D eigenvalue weighted by Gasteiger charge is 2.04. The summed E-state index contributed by atoms with van der Waals surface area (Å²) in [5.74, 6) is 1.31. The molecule has 1 aromatic heterocycles. The van der Waals surface area contributed by atoms with Gasteiger partial charge in [0.1, 0.15) is 11.5 Å². The molecule has 1 aromatic carbocycles. The Morgan fingerprint density at radius 1 is 1.35 bits per heavy atom. The highest BCUT2D eigenvalue weighted by molar-refractivity contribution is 9.10. The molecule has 0 amide bonds. The normalized spacial score (nSPS) is 9.71. The molecular weight excluding hydrogens is 280 g/mol. The predicted molar refractivity (Wildman–Crippen MR) is 67.9 cm³/mol. The SMILES string of the molecule is Cc1ncccc1Oc1cc(Br)cc(C#N)c1. The van der Waals surface area contributed by atoms with Crippen LogP contribution in [-0.4, -0.2) is 4.98 Å². The third-order valence-electron chi connectivity index (χ3n) is 2.19. The fraction of sp³-hybridized carbons (Fsp3) is 0.0769. The van der Waals surface area contributed by atoms with E-state index in [9.17, 15) is 0 Å². The average Bonchev–Trinajstić information content (AvgIpc) is 2.31. The molecule has 2 aromatic rings. The number of nitrogens with zero attached hydrogens (tertiary/aromatic N) is 2. The van der Waals surface area contributed by atoms with Gasteiger partial charge in [-0.2, -0.15) is 5.26 Å². The van der Waals surface area contributed by atoms with Crippen molar-refractivity contribution in [1.29, 1.82) is 5.26 Å². The molecule has 0 aliphatic rings. The molecule has 0 atom stereocenters. The van der Waals surface area contributed by atoms with Gasteiger partial charge in [-0.15, -0.1) is 0 Å². The summed E-state index contributed by atoms with van der Waals surface area (Å²) in [6, 6.07) is 11.0. The van der Waals surface area contributed by atoms with Crippen LogP contribution in [0, 0.1) is 18.3 Å². The van der Waals surface area contributed by atoms with Crippen LogP contribution in [0.2, 0.25) is 0 Å². The van der Waals surface area contributed by atoms with Crippen molar-refractivity contribution < 1.29 is 4.74 Å². The first-order chi connectivity index (χ1) is 8.19. The van der Waals surface area contributed by atoms with E-state index in [2.05, 4.69) is 27.0 Å². The molecule has 0 radical (unpaired) electrons. The quantitative estimate of drug-likeness (QED) is 0.844. The Balaban J connectivity index is 2.34. The minimum Gasteiger partial charge on any atom is -0.455 e. The Bertz CT molecular complexity index is 590. The molecule has 17 heavy (non-hydrogen) atoms. The number of halogens is 1. The van der Waals surface area contributed by atoms with Crippen molar-refractivity contribution in [3.63, 3.8) is 0 Å². The van der Waals surface area contributed by atoms with E-state index in [1.807, 2.05) is 25.1 Å². The van der Waals surface area contributed by atoms with Crippen LogP contribution in [0.4, 0.5) is 0 Å². The Hall–Kier alpha value is -1.86. The zero-order valence-electron chi connectivity index (χ0n) is 9.14. The van der Waals surface area contributed by atoms with E-state index in [4.69, 9.17) is 10.00 Å². The molecule has 0 spiro atoms. The van der Waals surface area contributed by atoms with Crippen molar-refractivity contribution in [2.24, 2.45) is 0 Å². The van der Waals surface area contributed by atoms with Crippen LogP contribution in [0.5, 0.6) is 11.5 Å². The zero-order chi connectivity index (χ0) is 12.3. The van der Waals surface area contributed by atoms with E-state index in [1.54, 1.807) is 18.3 Å². The van der Waals surface area contributed by atoms with Gasteiger partial charge in [0.05, 0.1) is 17.3 Å². The lowest BCUT2D eigenvalue weighted by molar-refractivity contribution is 0.475. The molecule has 0 unspecified atom stereocenters. The van der Waals surface area contributed by atoms with Gasteiger partial charge in [-0.25, -0.2) is 0 Å². The Morgan fingerprint density at radius 2 is 2.18 bits per heavy atom. The monoisotopic (exact) mass is 288 g/mol. The second kappa shape index (κ2) is 4.98. The van der Waals surface area contributed by atoms with E-state index in [0.29, 0.717) is 17.1 Å². The summed E-state index contributed by atoms with van der Waals surface area (Å²) in [6.45, 7) is 1.87. The zero-order valence-corrected chi connectivity index (χ0v) is 10.7. The minimum absolute atomic E-state index is 0.552. The Labute approximate surface area is 108 Å². The number of pyridine rings is 1. The first-order valence-electron chi connectivity index (χ1n) is 4.99. The Kier molecular flexibility index (Phi) is 3.40. The first-order valence-corrected chi connectivity index (χ1v) is 5.78. The standard InChI is InChI=1S/C13H9BrN2O/c1-9-13(3-2-4-16-9)17-12-6-10(8-15)5-11(14)7-12/h2-7H,1H3. The van der Waals surface area contributed by atoms with Crippen molar-refractivity contribution in [2.45, 2.75) is 6.92 Å². The Morgan fingerprint density at radius 3 is 2.88 bits per heavy atom. The van der Waals surface area contributed by atoms with E-state index in [-0.39, 0.29) is 0 Å². The highest BCUT2D eigenvalue weighted by Crippen LogP contribution is 2.27. The summed E-state index contributed by atoms with van der Waals surface area (Å²) in [4.78, 5) is 4.14. The molecule has 0 aliphatic carbocycles. The van der Waals surface area contributed by atoms with E-state index in [1.165, 1.54) is 0 Å². The molecule has 0 aliphatic heterocycles. The summed E-state index contributed by atoms with van der Waals surface area (Å²) in [6.07, 6.45) is 1.71. The van der Waals surface area contributed by atoms with Crippen molar-refractivity contribution in [3.05, 3.63) is 52.3 Å². The number of aromatic nitrogens is 1. The van der Waals surface area contributed by atoms with Crippen LogP contribution in [0.25, 0.3) is 0 Å². The van der Waals surface area contributed by atoms with Crippen molar-refractivity contribution >= 4 is 15.9 Å². The molecule has 0 fully saturated rings. The van der Waals surface area contributed by atoms with Crippen molar-refractivity contribution in [3.8, 4) is 17.6 Å². The molecule has 84 valence electrons. The van der Waals surface area contributed by atoms with Crippen LogP contribution in [0.15, 0.2) is 41.0 Å². The van der Waals surface area contributed by atoms with Gasteiger partial charge in [-0.3, -0.25) is 4.98 Å². The largest absolute Gasteiger partial charge is 0.455 e. The van der Waals surface area contributed by atoms with E-state index >= 15 is 0 Å². The lowest BCUT2D eigenvalue weighted by atomic mass is 10.2. The molecular formula is C13H9BrN2O. The van der Waals surface area contributed by atoms with Gasteiger partial charge in [0.2, 0.25) is 0 Å². The molecule has 0 saturated heterocycles. The number of nitriles is 1. The summed E-state index contributed by atoms with van der Waals surface area (Å²) >= 11 is 3.34. The summed E-state index contributed by atoms with van der Waals surface area (Å²) < 4.78 is 6.50. The molecule has 1 heterocycles. The van der Waals surface area contributed by atoms with Crippen molar-refractivity contribution in [2.75, 3.05) is 0 Å². The molecule has 2 rings (SSSR count). The van der Waals surface area contributed by atoms with E-state index < -0.39 is 0 Å². The van der Waals surface area contributed by atoms with Crippen LogP contribution in [0.1, 0.15) is 11.3 Å². The summed E-state index contributed by atoms with van der Waals surface area (Å²) in [7, 11) is 0. The summed E-state index contributed by atoms with van der Waals surface area (Å²) in [5.41, 5.74) is 1.36. The third kappa shape index (κ3) is 2.83. The van der Waals surface area contributed by atoms with Crippen molar-refractivity contribution in [1.82, 2.24) is 4.98 Å². The van der Waals surface area contributed by atoms with Gasteiger partial charge >= 0.3 is 0 Å². The lowest BCUT2D eigenvalue weighted by Gasteiger charge is -2.08. The number of benzene rings is 1. The lowest BCUT2D eigenvalue weighted by Crippen LogP contribution is -1.90. The van der Waals surface area contributed by atoms with Gasteiger partial charge in [-0.1, -0.05) is 15.9 Å². The average molecular weight is 289 g/mol. The maximum absolute atomic E-state index is 8.87. The van der Waals surface area contributed by atoms with Crippen LogP contribution in [-0.2, 0) is 0 Å². The predicted octanol–water partition coefficient (Wildman–Crippen LogP) is 3.82. The number of ether oxygens (including phenoxy) is 1. The molecule has 0 N–H and O–H groups in total. The van der Waals surface area contributed by atoms with Gasteiger partial charge in [0.15, 0.2) is 0 Å². The van der Waals surface area contributed by atoms with Gasteiger partial charge < -0.3 is 4.74 Å². The van der Waals surface area contributed by atoms with Gasteiger partial charge in [-0.05, 0) is 37.3 Å². The van der Waals surface area contributed by atoms with Crippen LogP contribution in [0.3, 0.4) is 0 Å². The smallest absolute Gasteiger partial charge is 0.148 e. The highest BCUT2D eigenvalue weighted by atomic mass is 79.9. The summed E-state index contributed by atoms with van der Waals surface area (Å²) in [5, 5.41) is 8.87. The number of aryl methyl sites for hydroxylation is 1. The fourth-order valence-electron chi connectivity index (χ4n) is 1.39. The van der Waals surface area contributed by atoms with E-state index in [0.717, 1.165) is 10.2 Å². The molecule has 0 bridgehead atoms. The van der Waals surface area contributed by atoms with Crippen LogP contribution >= 0.6 is 15.9 Å². The van der Waals surface area contributed by atoms with Gasteiger partial charge in [0, 0.05) is 10.7 Å². The minimum atomic E-state index is 0.552. The first kappa shape index (κ1) is 11.6. The second-order valence-corrected chi connectivity index (χ2v) is 4.39. The second-order valence-electron chi connectivity index (χ2n) is 3.48. The third-order valence-corrected chi connectivity index (χ3v) is 2.64. The maximum Gasteiger partial charge on any atom is 0.148 e. The number of rotatable bonds is 2. The fourth-order valence-corrected chi connectivity index (χ4v) is 1.86. The maximum atomic E-state index is 8.87. The van der Waals surface area contributed by atoms with Crippen LogP contribution < -0.4 is 4.74 Å². The molecule has 0 saturated carbocycles.